The maximum absolute atomic E-state index is 14.4. The van der Waals surface area contributed by atoms with Gasteiger partial charge in [-0.15, -0.1) is 0 Å². The highest BCUT2D eigenvalue weighted by Crippen LogP contribution is 2.51. The first kappa shape index (κ1) is 29.5. The fraction of sp³-hybridized carbons (Fsp3) is 0.394. The lowest BCUT2D eigenvalue weighted by molar-refractivity contribution is -0.123. The molecule has 2 amide bonds. The van der Waals surface area contributed by atoms with E-state index in [0.717, 1.165) is 18.2 Å². The normalized spacial score (nSPS) is 20.4. The average molecular weight is 634 g/mol. The number of halogens is 2. The molecule has 2 fully saturated rings. The number of ether oxygens (including phenoxy) is 2. The SMILES string of the molecule is COc1cc(C(=O)NC[C@](O)(c2cc3c(c(-c4ccc(F)c(C)c4Cl)n2)OC[C@]3(C)C(N)=O)C2CC2)cc2cn(C3CC3)nc12. The van der Waals surface area contributed by atoms with Crippen molar-refractivity contribution in [2.75, 3.05) is 20.3 Å². The molecule has 2 aliphatic carbocycles. The summed E-state index contributed by atoms with van der Waals surface area (Å²) in [5, 5.41) is 20.7. The Labute approximate surface area is 263 Å². The fourth-order valence-electron chi connectivity index (χ4n) is 6.09. The van der Waals surface area contributed by atoms with E-state index in [2.05, 4.69) is 10.4 Å². The van der Waals surface area contributed by atoms with Crippen LogP contribution in [0.1, 0.15) is 65.8 Å². The van der Waals surface area contributed by atoms with Crippen molar-refractivity contribution >= 4 is 34.3 Å². The number of amides is 2. The van der Waals surface area contributed by atoms with Crippen LogP contribution < -0.4 is 20.5 Å². The van der Waals surface area contributed by atoms with E-state index in [1.807, 2.05) is 10.9 Å². The summed E-state index contributed by atoms with van der Waals surface area (Å²) in [5.41, 5.74) is 5.61. The predicted octanol–water partition coefficient (Wildman–Crippen LogP) is 4.71. The molecule has 45 heavy (non-hydrogen) atoms. The number of pyridine rings is 1. The van der Waals surface area contributed by atoms with E-state index >= 15 is 0 Å². The van der Waals surface area contributed by atoms with Gasteiger partial charge >= 0.3 is 0 Å². The van der Waals surface area contributed by atoms with Crippen LogP contribution in [0.3, 0.4) is 0 Å². The van der Waals surface area contributed by atoms with Gasteiger partial charge in [-0.25, -0.2) is 9.37 Å². The molecule has 234 valence electrons. The molecular formula is C33H33ClFN5O5. The molecule has 0 radical (unpaired) electrons. The van der Waals surface area contributed by atoms with Crippen molar-refractivity contribution in [2.24, 2.45) is 11.7 Å². The van der Waals surface area contributed by atoms with Crippen LogP contribution in [-0.2, 0) is 15.8 Å². The second kappa shape index (κ2) is 10.4. The van der Waals surface area contributed by atoms with Crippen LogP contribution in [-0.4, -0.2) is 51.9 Å². The molecule has 3 aliphatic rings. The van der Waals surface area contributed by atoms with E-state index in [4.69, 9.17) is 31.8 Å². The zero-order valence-corrected chi connectivity index (χ0v) is 25.9. The molecule has 2 aromatic carbocycles. The van der Waals surface area contributed by atoms with Crippen molar-refractivity contribution in [2.45, 2.75) is 56.6 Å². The first-order valence-corrected chi connectivity index (χ1v) is 15.3. The number of rotatable bonds is 9. The summed E-state index contributed by atoms with van der Waals surface area (Å²) in [4.78, 5) is 31.1. The van der Waals surface area contributed by atoms with Gasteiger partial charge < -0.3 is 25.6 Å². The topological polar surface area (TPSA) is 142 Å². The summed E-state index contributed by atoms with van der Waals surface area (Å²) in [5.74, 6) is -0.927. The third kappa shape index (κ3) is 4.80. The number of aromatic nitrogens is 3. The molecular weight excluding hydrogens is 601 g/mol. The number of aliphatic hydroxyl groups is 1. The molecule has 1 aliphatic heterocycles. The molecule has 4 N–H and O–H groups in total. The van der Waals surface area contributed by atoms with Crippen LogP contribution in [0.4, 0.5) is 4.39 Å². The largest absolute Gasteiger partial charge is 0.494 e. The Kier molecular flexibility index (Phi) is 6.83. The molecule has 0 spiro atoms. The van der Waals surface area contributed by atoms with Gasteiger partial charge in [0.25, 0.3) is 5.91 Å². The van der Waals surface area contributed by atoms with E-state index in [1.165, 1.54) is 19.2 Å². The molecule has 2 atom stereocenters. The van der Waals surface area contributed by atoms with E-state index in [1.54, 1.807) is 32.0 Å². The van der Waals surface area contributed by atoms with Crippen molar-refractivity contribution in [3.8, 4) is 22.8 Å². The molecule has 2 aromatic heterocycles. The second-order valence-corrected chi connectivity index (χ2v) is 13.0. The van der Waals surface area contributed by atoms with Crippen LogP contribution in [0, 0.1) is 18.7 Å². The Balaban J connectivity index is 1.27. The highest BCUT2D eigenvalue weighted by atomic mass is 35.5. The van der Waals surface area contributed by atoms with Gasteiger partial charge in [-0.3, -0.25) is 14.3 Å². The Morgan fingerprint density at radius 3 is 2.69 bits per heavy atom. The molecule has 12 heteroatoms. The first-order valence-electron chi connectivity index (χ1n) is 15.0. The number of carbonyl (C=O) groups is 2. The standard InChI is InChI=1S/C33H33ClFN5O5/c1-16-23(35)9-8-21(26(16)34)28-29-22(32(2,15-45-29)31(36)42)12-25(38-28)33(43,19-4-5-19)14-37-30(41)17-10-18-13-40(20-6-7-20)39-27(18)24(11-17)44-3/h8-13,19-20,43H,4-7,14-15H2,1-3H3,(H2,36,42)(H,37,41)/t32-,33+/m0/s1. The molecule has 2 saturated carbocycles. The Bertz CT molecular complexity index is 1900. The van der Waals surface area contributed by atoms with Gasteiger partial charge in [0, 0.05) is 33.8 Å². The third-order valence-electron chi connectivity index (χ3n) is 9.40. The molecule has 0 saturated heterocycles. The lowest BCUT2D eigenvalue weighted by Gasteiger charge is -2.30. The van der Waals surface area contributed by atoms with Crippen molar-refractivity contribution < 1.29 is 28.6 Å². The van der Waals surface area contributed by atoms with Gasteiger partial charge in [0.15, 0.2) is 0 Å². The second-order valence-electron chi connectivity index (χ2n) is 12.6. The first-order chi connectivity index (χ1) is 21.4. The number of nitrogens with zero attached hydrogens (tertiary/aromatic N) is 3. The van der Waals surface area contributed by atoms with Crippen molar-refractivity contribution in [3.63, 3.8) is 0 Å². The molecule has 3 heterocycles. The van der Waals surface area contributed by atoms with Gasteiger partial charge in [-0.1, -0.05) is 11.6 Å². The zero-order chi connectivity index (χ0) is 31.8. The van der Waals surface area contributed by atoms with Crippen LogP contribution in [0.2, 0.25) is 5.02 Å². The highest BCUT2D eigenvalue weighted by molar-refractivity contribution is 6.34. The number of nitrogens with one attached hydrogen (secondary N) is 1. The van der Waals surface area contributed by atoms with Gasteiger partial charge in [-0.2, -0.15) is 5.10 Å². The van der Waals surface area contributed by atoms with Crippen LogP contribution in [0.5, 0.6) is 11.5 Å². The molecule has 0 unspecified atom stereocenters. The number of hydrogen-bond acceptors (Lipinski definition) is 7. The smallest absolute Gasteiger partial charge is 0.251 e. The average Bonchev–Trinajstić information content (AvgIpc) is 3.97. The number of nitrogens with two attached hydrogens (primary N) is 1. The van der Waals surface area contributed by atoms with Gasteiger partial charge in [0.1, 0.15) is 46.1 Å². The summed E-state index contributed by atoms with van der Waals surface area (Å²) in [6.45, 7) is 3.03. The zero-order valence-electron chi connectivity index (χ0n) is 25.1. The minimum absolute atomic E-state index is 0.0339. The van der Waals surface area contributed by atoms with E-state index < -0.39 is 28.6 Å². The number of methoxy groups -OCH3 is 1. The minimum atomic E-state index is -1.60. The maximum Gasteiger partial charge on any atom is 0.251 e. The summed E-state index contributed by atoms with van der Waals surface area (Å²) in [6.07, 6.45) is 5.48. The number of carbonyl (C=O) groups excluding carboxylic acids is 2. The van der Waals surface area contributed by atoms with Gasteiger partial charge in [0.2, 0.25) is 5.91 Å². The molecule has 10 nitrogen and oxygen atoms in total. The van der Waals surface area contributed by atoms with Gasteiger partial charge in [-0.05, 0) is 75.8 Å². The predicted molar refractivity (Wildman–Crippen MR) is 165 cm³/mol. The van der Waals surface area contributed by atoms with E-state index in [9.17, 15) is 19.1 Å². The number of fused-ring (bicyclic) bond motifs is 2. The van der Waals surface area contributed by atoms with E-state index in [-0.39, 0.29) is 41.0 Å². The summed E-state index contributed by atoms with van der Waals surface area (Å²) in [6, 6.07) is 8.17. The Morgan fingerprint density at radius 1 is 1.27 bits per heavy atom. The van der Waals surface area contributed by atoms with Crippen molar-refractivity contribution in [1.82, 2.24) is 20.1 Å². The number of benzene rings is 2. The van der Waals surface area contributed by atoms with Gasteiger partial charge in [0.05, 0.1) is 30.4 Å². The molecule has 0 bridgehead atoms. The Hall–Kier alpha value is -4.22. The molecule has 7 rings (SSSR count). The fourth-order valence-corrected chi connectivity index (χ4v) is 6.34. The van der Waals surface area contributed by atoms with Crippen molar-refractivity contribution in [1.29, 1.82) is 0 Å². The lowest BCUT2D eigenvalue weighted by atomic mass is 9.81. The quantitative estimate of drug-likeness (QED) is 0.242. The number of hydrogen-bond donors (Lipinski definition) is 3. The maximum atomic E-state index is 14.4. The van der Waals surface area contributed by atoms with Crippen molar-refractivity contribution in [3.05, 3.63) is 69.8 Å². The Morgan fingerprint density at radius 2 is 2.02 bits per heavy atom. The number of primary amides is 1. The highest BCUT2D eigenvalue weighted by Gasteiger charge is 2.50. The summed E-state index contributed by atoms with van der Waals surface area (Å²) in [7, 11) is 1.54. The summed E-state index contributed by atoms with van der Waals surface area (Å²) < 4.78 is 27.8. The summed E-state index contributed by atoms with van der Waals surface area (Å²) >= 11 is 6.61. The van der Waals surface area contributed by atoms with Crippen LogP contribution in [0.15, 0.2) is 36.5 Å². The van der Waals surface area contributed by atoms with Crippen LogP contribution in [0.25, 0.3) is 22.2 Å². The monoisotopic (exact) mass is 633 g/mol. The molecule has 4 aromatic rings. The third-order valence-corrected chi connectivity index (χ3v) is 9.89. The van der Waals surface area contributed by atoms with Crippen LogP contribution >= 0.6 is 11.6 Å². The lowest BCUT2D eigenvalue weighted by Crippen LogP contribution is -2.44. The minimum Gasteiger partial charge on any atom is -0.494 e. The van der Waals surface area contributed by atoms with E-state index in [0.29, 0.717) is 52.6 Å².